The van der Waals surface area contributed by atoms with Gasteiger partial charge in [-0.25, -0.2) is 9.97 Å². The first kappa shape index (κ1) is 21.6. The first-order chi connectivity index (χ1) is 13.0. The van der Waals surface area contributed by atoms with E-state index in [1.165, 1.54) is 11.8 Å². The van der Waals surface area contributed by atoms with Gasteiger partial charge in [0, 0.05) is 57.8 Å². The summed E-state index contributed by atoms with van der Waals surface area (Å²) in [6, 6.07) is 1.92. The molecule has 0 atom stereocenters. The number of hydrogen-bond donors (Lipinski definition) is 1. The minimum atomic E-state index is 0.0217. The first-order valence-electron chi connectivity index (χ1n) is 9.19. The molecule has 8 nitrogen and oxygen atoms in total. The molecule has 0 radical (unpaired) electrons. The highest BCUT2D eigenvalue weighted by molar-refractivity contribution is 7.99. The summed E-state index contributed by atoms with van der Waals surface area (Å²) >= 11 is 1.37. The number of aryl methyl sites for hydroxylation is 2. The average molecular weight is 396 g/mol. The zero-order valence-electron chi connectivity index (χ0n) is 16.4. The number of methoxy groups -OCH3 is 1. The summed E-state index contributed by atoms with van der Waals surface area (Å²) in [5, 5.41) is 3.53. The number of ether oxygens (including phenoxy) is 1. The molecule has 2 amide bonds. The molecule has 0 saturated carbocycles. The second-order valence-electron chi connectivity index (χ2n) is 6.58. The Morgan fingerprint density at radius 1 is 1.19 bits per heavy atom. The fraction of sp³-hybridized carbons (Fsp3) is 0.667. The molecule has 1 aromatic rings. The van der Waals surface area contributed by atoms with Crippen LogP contribution in [0.5, 0.6) is 0 Å². The average Bonchev–Trinajstić information content (AvgIpc) is 2.63. The van der Waals surface area contributed by atoms with Gasteiger partial charge in [-0.3, -0.25) is 14.5 Å². The highest BCUT2D eigenvalue weighted by Crippen LogP contribution is 2.15. The Labute approximate surface area is 165 Å². The standard InChI is InChI=1S/C18H29N5O3S/c1-14-11-15(2)21-18(20-14)27-13-17(25)23-8-6-22(7-9-23)12-16(24)19-5-4-10-26-3/h11H,4-10,12-13H2,1-3H3,(H,19,24). The Kier molecular flexibility index (Phi) is 8.96. The predicted octanol–water partition coefficient (Wildman–Crippen LogP) is 0.482. The van der Waals surface area contributed by atoms with E-state index in [0.29, 0.717) is 56.8 Å². The lowest BCUT2D eigenvalue weighted by atomic mass is 10.3. The first-order valence-corrected chi connectivity index (χ1v) is 10.2. The number of nitrogens with one attached hydrogen (secondary N) is 1. The van der Waals surface area contributed by atoms with Gasteiger partial charge in [0.05, 0.1) is 12.3 Å². The summed E-state index contributed by atoms with van der Waals surface area (Å²) in [7, 11) is 1.65. The van der Waals surface area contributed by atoms with Gasteiger partial charge in [-0.1, -0.05) is 11.8 Å². The molecule has 1 aliphatic heterocycles. The van der Waals surface area contributed by atoms with E-state index >= 15 is 0 Å². The minimum Gasteiger partial charge on any atom is -0.385 e. The van der Waals surface area contributed by atoms with E-state index in [4.69, 9.17) is 4.74 Å². The maximum Gasteiger partial charge on any atom is 0.234 e. The van der Waals surface area contributed by atoms with E-state index in [0.717, 1.165) is 17.8 Å². The van der Waals surface area contributed by atoms with Crippen molar-refractivity contribution in [2.24, 2.45) is 0 Å². The third-order valence-corrected chi connectivity index (χ3v) is 5.06. The smallest absolute Gasteiger partial charge is 0.234 e. The van der Waals surface area contributed by atoms with Crippen LogP contribution in [-0.4, -0.2) is 90.3 Å². The SMILES string of the molecule is COCCCNC(=O)CN1CCN(C(=O)CSc2nc(C)cc(C)n2)CC1. The van der Waals surface area contributed by atoms with Crippen molar-refractivity contribution in [3.05, 3.63) is 17.5 Å². The summed E-state index contributed by atoms with van der Waals surface area (Å²) in [4.78, 5) is 37.0. The Hall–Kier alpha value is -1.71. The van der Waals surface area contributed by atoms with Crippen molar-refractivity contribution < 1.29 is 14.3 Å². The van der Waals surface area contributed by atoms with Crippen molar-refractivity contribution in [2.45, 2.75) is 25.4 Å². The van der Waals surface area contributed by atoms with Crippen molar-refractivity contribution in [1.82, 2.24) is 25.1 Å². The Balaban J connectivity index is 1.67. The molecule has 0 unspecified atom stereocenters. The molecule has 27 heavy (non-hydrogen) atoms. The monoisotopic (exact) mass is 395 g/mol. The number of thioether (sulfide) groups is 1. The molecule has 0 spiro atoms. The fourth-order valence-electron chi connectivity index (χ4n) is 2.83. The van der Waals surface area contributed by atoms with Crippen molar-refractivity contribution in [1.29, 1.82) is 0 Å². The van der Waals surface area contributed by atoms with Crippen molar-refractivity contribution >= 4 is 23.6 Å². The third kappa shape index (κ3) is 7.82. The molecule has 2 rings (SSSR count). The Bertz CT molecular complexity index is 615. The fourth-order valence-corrected chi connectivity index (χ4v) is 3.69. The number of amides is 2. The highest BCUT2D eigenvalue weighted by atomic mass is 32.2. The summed E-state index contributed by atoms with van der Waals surface area (Å²) in [5.74, 6) is 0.447. The second kappa shape index (κ2) is 11.2. The lowest BCUT2D eigenvalue weighted by Crippen LogP contribution is -2.51. The van der Waals surface area contributed by atoms with Gasteiger partial charge in [0.15, 0.2) is 5.16 Å². The summed E-state index contributed by atoms with van der Waals surface area (Å²) in [5.41, 5.74) is 1.82. The van der Waals surface area contributed by atoms with Crippen LogP contribution in [0.25, 0.3) is 0 Å². The van der Waals surface area contributed by atoms with Gasteiger partial charge in [-0.15, -0.1) is 0 Å². The number of piperazine rings is 1. The largest absolute Gasteiger partial charge is 0.385 e. The zero-order valence-corrected chi connectivity index (χ0v) is 17.2. The molecule has 1 saturated heterocycles. The summed E-state index contributed by atoms with van der Waals surface area (Å²) < 4.78 is 4.96. The minimum absolute atomic E-state index is 0.0217. The van der Waals surface area contributed by atoms with E-state index in [-0.39, 0.29) is 11.8 Å². The number of nitrogens with zero attached hydrogens (tertiary/aromatic N) is 4. The molecular weight excluding hydrogens is 366 g/mol. The molecular formula is C18H29N5O3S. The highest BCUT2D eigenvalue weighted by Gasteiger charge is 2.22. The van der Waals surface area contributed by atoms with Crippen LogP contribution in [-0.2, 0) is 14.3 Å². The molecule has 1 aromatic heterocycles. The third-order valence-electron chi connectivity index (χ3n) is 4.23. The van der Waals surface area contributed by atoms with Crippen LogP contribution < -0.4 is 5.32 Å². The predicted molar refractivity (Wildman–Crippen MR) is 105 cm³/mol. The van der Waals surface area contributed by atoms with Crippen LogP contribution in [0, 0.1) is 13.8 Å². The van der Waals surface area contributed by atoms with Crippen LogP contribution in [0.1, 0.15) is 17.8 Å². The molecule has 0 bridgehead atoms. The maximum atomic E-state index is 12.4. The molecule has 1 fully saturated rings. The van der Waals surface area contributed by atoms with E-state index in [1.54, 1.807) is 7.11 Å². The summed E-state index contributed by atoms with van der Waals surface area (Å²) in [6.07, 6.45) is 0.812. The van der Waals surface area contributed by atoms with E-state index < -0.39 is 0 Å². The quantitative estimate of drug-likeness (QED) is 0.370. The molecule has 1 aliphatic rings. The maximum absolute atomic E-state index is 12.4. The lowest BCUT2D eigenvalue weighted by molar-refractivity contribution is -0.130. The number of carbonyl (C=O) groups excluding carboxylic acids is 2. The van der Waals surface area contributed by atoms with Crippen molar-refractivity contribution in [3.8, 4) is 0 Å². The van der Waals surface area contributed by atoms with Crippen LogP contribution in [0.4, 0.5) is 0 Å². The van der Waals surface area contributed by atoms with E-state index in [2.05, 4.69) is 20.2 Å². The number of hydrogen-bond acceptors (Lipinski definition) is 7. The van der Waals surface area contributed by atoms with Crippen molar-refractivity contribution in [3.63, 3.8) is 0 Å². The van der Waals surface area contributed by atoms with Gasteiger partial charge in [0.2, 0.25) is 11.8 Å². The van der Waals surface area contributed by atoms with Crippen molar-refractivity contribution in [2.75, 3.05) is 58.7 Å². The summed E-state index contributed by atoms with van der Waals surface area (Å²) in [6.45, 7) is 8.20. The molecule has 9 heteroatoms. The Morgan fingerprint density at radius 3 is 2.48 bits per heavy atom. The number of aromatic nitrogens is 2. The molecule has 150 valence electrons. The van der Waals surface area contributed by atoms with Crippen LogP contribution in [0.2, 0.25) is 0 Å². The normalized spacial score (nSPS) is 15.0. The number of carbonyl (C=O) groups is 2. The topological polar surface area (TPSA) is 87.7 Å². The van der Waals surface area contributed by atoms with Crippen LogP contribution in [0.3, 0.4) is 0 Å². The Morgan fingerprint density at radius 2 is 1.85 bits per heavy atom. The zero-order chi connectivity index (χ0) is 19.6. The molecule has 0 aliphatic carbocycles. The molecule has 0 aromatic carbocycles. The van der Waals surface area contributed by atoms with Gasteiger partial charge in [0.1, 0.15) is 0 Å². The number of rotatable bonds is 9. The van der Waals surface area contributed by atoms with Gasteiger partial charge in [-0.2, -0.15) is 0 Å². The lowest BCUT2D eigenvalue weighted by Gasteiger charge is -2.34. The van der Waals surface area contributed by atoms with Gasteiger partial charge >= 0.3 is 0 Å². The van der Waals surface area contributed by atoms with Gasteiger partial charge < -0.3 is 15.0 Å². The second-order valence-corrected chi connectivity index (χ2v) is 7.52. The van der Waals surface area contributed by atoms with Gasteiger partial charge in [0.25, 0.3) is 0 Å². The van der Waals surface area contributed by atoms with Crippen LogP contribution in [0.15, 0.2) is 11.2 Å². The van der Waals surface area contributed by atoms with Gasteiger partial charge in [-0.05, 0) is 26.3 Å². The van der Waals surface area contributed by atoms with E-state index in [1.807, 2.05) is 24.8 Å². The molecule has 2 heterocycles. The molecule has 1 N–H and O–H groups in total. The van der Waals surface area contributed by atoms with Crippen LogP contribution >= 0.6 is 11.8 Å². The van der Waals surface area contributed by atoms with E-state index in [9.17, 15) is 9.59 Å².